The standard InChI is InChI=1S/C10H14N8O10P2/c11-7-4-8(15-10(14-7)16-17-12)18(2-13-4)9-6(20)5(19)3(27-9)1-26-30(24,25)28-29(21,22)23/h2-3,5-6,9,19-20H,1H2,(H,24,25)(H2,11,14,15)(H2,21,22,23)/t3-,5-,6-,9-/m1/s1/i30+1. The molecule has 3 heterocycles. The normalized spacial score (nSPS) is 26.4. The summed E-state index contributed by atoms with van der Waals surface area (Å²) in [5, 5.41) is 23.7. The second kappa shape index (κ2) is 8.14. The lowest BCUT2D eigenvalue weighted by Gasteiger charge is -2.17. The number of hydrogen-bond acceptors (Lipinski definition) is 12. The van der Waals surface area contributed by atoms with Crippen molar-refractivity contribution >= 4 is 38.6 Å². The average Bonchev–Trinajstić information content (AvgIpc) is 3.14. The lowest BCUT2D eigenvalue weighted by Crippen LogP contribution is -2.33. The maximum atomic E-state index is 11.5. The maximum absolute atomic E-state index is 11.5. The van der Waals surface area contributed by atoms with Gasteiger partial charge in [0.2, 0.25) is 5.95 Å². The molecule has 0 amide bonds. The lowest BCUT2D eigenvalue weighted by atomic mass is 10.1. The molecular formula is C10H14N8O10P2. The van der Waals surface area contributed by atoms with Crippen molar-refractivity contribution in [2.75, 3.05) is 12.3 Å². The molecule has 0 bridgehead atoms. The summed E-state index contributed by atoms with van der Waals surface area (Å²) in [5.74, 6) is -0.474. The van der Waals surface area contributed by atoms with E-state index >= 15 is 0 Å². The summed E-state index contributed by atoms with van der Waals surface area (Å²) in [4.78, 5) is 40.6. The van der Waals surface area contributed by atoms with Gasteiger partial charge in [-0.3, -0.25) is 9.09 Å². The summed E-state index contributed by atoms with van der Waals surface area (Å²) in [6, 6.07) is 0. The topological polar surface area (TPSA) is 281 Å². The zero-order chi connectivity index (χ0) is 22.3. The van der Waals surface area contributed by atoms with Gasteiger partial charge in [0.15, 0.2) is 17.7 Å². The highest BCUT2D eigenvalue weighted by Gasteiger charge is 2.46. The molecule has 30 heavy (non-hydrogen) atoms. The molecule has 0 aromatic carbocycles. The molecular weight excluding hydrogens is 455 g/mol. The van der Waals surface area contributed by atoms with Crippen LogP contribution < -0.4 is 5.73 Å². The Morgan fingerprint density at radius 2 is 2.00 bits per heavy atom. The molecule has 18 nitrogen and oxygen atoms in total. The zero-order valence-corrected chi connectivity index (χ0v) is 16.3. The molecule has 164 valence electrons. The molecule has 0 spiro atoms. The predicted octanol–water partition coefficient (Wildman–Crippen LogP) is -0.804. The van der Waals surface area contributed by atoms with Crippen molar-refractivity contribution in [1.82, 2.24) is 19.5 Å². The molecule has 3 rings (SSSR count). The van der Waals surface area contributed by atoms with E-state index in [-0.39, 0.29) is 22.9 Å². The summed E-state index contributed by atoms with van der Waals surface area (Å²) < 4.78 is 36.8. The van der Waals surface area contributed by atoms with Gasteiger partial charge in [-0.15, -0.1) is 0 Å². The number of aliphatic hydroxyl groups is 2. The highest BCUT2D eigenvalue weighted by atomic mass is 32.2. The minimum Gasteiger partial charge on any atom is -0.387 e. The highest BCUT2D eigenvalue weighted by molar-refractivity contribution is 7.60. The van der Waals surface area contributed by atoms with E-state index in [2.05, 4.69) is 33.8 Å². The fourth-order valence-electron chi connectivity index (χ4n) is 2.62. The van der Waals surface area contributed by atoms with E-state index in [9.17, 15) is 24.2 Å². The van der Waals surface area contributed by atoms with Crippen LogP contribution in [0.15, 0.2) is 11.4 Å². The number of aliphatic hydroxyl groups excluding tert-OH is 2. The van der Waals surface area contributed by atoms with E-state index in [1.807, 2.05) is 0 Å². The number of nitrogens with two attached hydrogens (primary N) is 1. The average molecular weight is 469 g/mol. The second-order valence-electron chi connectivity index (χ2n) is 5.81. The van der Waals surface area contributed by atoms with Gasteiger partial charge in [0, 0.05) is 4.91 Å². The highest BCUT2D eigenvalue weighted by Crippen LogP contribution is 2.57. The van der Waals surface area contributed by atoms with Crippen LogP contribution >= 0.6 is 15.6 Å². The number of nitrogens with zero attached hydrogens (tertiary/aromatic N) is 7. The number of rotatable bonds is 7. The summed E-state index contributed by atoms with van der Waals surface area (Å²) in [7, 11) is -10.5. The first-order valence-corrected chi connectivity index (χ1v) is 10.8. The molecule has 1 fully saturated rings. The minimum absolute atomic E-state index is 0.0135. The minimum atomic E-state index is -5.33. The zero-order valence-electron chi connectivity index (χ0n) is 14.5. The predicted molar refractivity (Wildman–Crippen MR) is 93.4 cm³/mol. The Labute approximate surface area is 165 Å². The number of ether oxygens (including phenoxy) is 1. The van der Waals surface area contributed by atoms with Crippen molar-refractivity contribution in [3.8, 4) is 0 Å². The molecule has 1 aliphatic heterocycles. The van der Waals surface area contributed by atoms with Crippen LogP contribution in [0.5, 0.6) is 0 Å². The number of phosphoric ester groups is 1. The third-order valence-corrected chi connectivity index (χ3v) is 5.95. The molecule has 2 aromatic rings. The number of fused-ring (bicyclic) bond motifs is 1. The van der Waals surface area contributed by atoms with Crippen molar-refractivity contribution in [3.63, 3.8) is 0 Å². The van der Waals surface area contributed by atoms with E-state index < -0.39 is 46.8 Å². The van der Waals surface area contributed by atoms with Crippen molar-refractivity contribution in [3.05, 3.63) is 16.8 Å². The third kappa shape index (κ3) is 4.75. The Hall–Kier alpha value is -2.20. The van der Waals surface area contributed by atoms with E-state index in [0.29, 0.717) is 0 Å². The van der Waals surface area contributed by atoms with Gasteiger partial charge in [-0.25, -0.2) is 24.1 Å². The van der Waals surface area contributed by atoms with Gasteiger partial charge in [0.1, 0.15) is 23.8 Å². The van der Waals surface area contributed by atoms with Crippen LogP contribution in [0.3, 0.4) is 0 Å². The van der Waals surface area contributed by atoms with Gasteiger partial charge in [-0.05, 0) is 10.6 Å². The lowest BCUT2D eigenvalue weighted by molar-refractivity contribution is -0.0503. The second-order valence-corrected chi connectivity index (χ2v) is 8.63. The number of nitrogen functional groups attached to an aromatic ring is 1. The molecule has 1 saturated heterocycles. The SMILES string of the molecule is [N-]=[N+]=Nc1nc(N)c2ncn([C@@H]3O[C@H](CO[32P](=O)(O)OP(=O)(O)O)[C@@H](O)[C@H]3O)c2n1. The Morgan fingerprint density at radius 3 is 2.63 bits per heavy atom. The Bertz CT molecular complexity index is 1100. The summed E-state index contributed by atoms with van der Waals surface area (Å²) in [6.45, 7) is -0.879. The van der Waals surface area contributed by atoms with Crippen LogP contribution in [0.4, 0.5) is 11.8 Å². The summed E-state index contributed by atoms with van der Waals surface area (Å²) in [6.07, 6.45) is -4.88. The van der Waals surface area contributed by atoms with Gasteiger partial charge < -0.3 is 35.4 Å². The number of phosphoric acid groups is 2. The first-order valence-electron chi connectivity index (χ1n) is 7.73. The Balaban J connectivity index is 1.83. The molecule has 2 aromatic heterocycles. The van der Waals surface area contributed by atoms with Crippen LogP contribution in [0.25, 0.3) is 21.6 Å². The molecule has 1 aliphatic rings. The summed E-state index contributed by atoms with van der Waals surface area (Å²) in [5.41, 5.74) is 14.3. The first-order chi connectivity index (χ1) is 13.9. The van der Waals surface area contributed by atoms with Gasteiger partial charge >= 0.3 is 15.6 Å². The Kier molecular flexibility index (Phi) is 6.10. The van der Waals surface area contributed by atoms with Crippen LogP contribution in [-0.2, 0) is 22.7 Å². The molecule has 0 radical (unpaired) electrons. The third-order valence-electron chi connectivity index (χ3n) is 3.79. The van der Waals surface area contributed by atoms with E-state index in [1.165, 1.54) is 0 Å². The van der Waals surface area contributed by atoms with Crippen LogP contribution in [0.1, 0.15) is 6.23 Å². The molecule has 5 atom stereocenters. The number of hydrogen-bond donors (Lipinski definition) is 6. The van der Waals surface area contributed by atoms with Gasteiger partial charge in [0.25, 0.3) is 0 Å². The van der Waals surface area contributed by atoms with Crippen molar-refractivity contribution < 1.29 is 47.6 Å². The molecule has 1 unspecified atom stereocenters. The van der Waals surface area contributed by atoms with Crippen molar-refractivity contribution in [1.29, 1.82) is 0 Å². The maximum Gasteiger partial charge on any atom is 0.481 e. The van der Waals surface area contributed by atoms with Gasteiger partial charge in [-0.2, -0.15) is 4.31 Å². The fraction of sp³-hybridized carbons (Fsp3) is 0.500. The monoisotopic (exact) mass is 469 g/mol. The summed E-state index contributed by atoms with van der Waals surface area (Å²) >= 11 is 0. The Morgan fingerprint density at radius 1 is 1.30 bits per heavy atom. The van der Waals surface area contributed by atoms with Crippen LogP contribution in [0.2, 0.25) is 0 Å². The first kappa shape index (κ1) is 22.5. The number of anilines is 1. The van der Waals surface area contributed by atoms with Crippen LogP contribution in [0, 0.1) is 0 Å². The molecule has 0 aliphatic carbocycles. The van der Waals surface area contributed by atoms with E-state index in [1.54, 1.807) is 0 Å². The van der Waals surface area contributed by atoms with Gasteiger partial charge in [0.05, 0.1) is 12.9 Å². The molecule has 20 heteroatoms. The van der Waals surface area contributed by atoms with Crippen molar-refractivity contribution in [2.24, 2.45) is 5.11 Å². The molecule has 0 saturated carbocycles. The van der Waals surface area contributed by atoms with Crippen molar-refractivity contribution in [2.45, 2.75) is 24.5 Å². The van der Waals surface area contributed by atoms with Crippen LogP contribution in [-0.4, -0.2) is 69.3 Å². The number of imidazole rings is 1. The largest absolute Gasteiger partial charge is 0.481 e. The van der Waals surface area contributed by atoms with E-state index in [4.69, 9.17) is 25.8 Å². The van der Waals surface area contributed by atoms with E-state index in [0.717, 1.165) is 10.9 Å². The van der Waals surface area contributed by atoms with Gasteiger partial charge in [-0.1, -0.05) is 0 Å². The molecule has 7 N–H and O–H groups in total. The smallest absolute Gasteiger partial charge is 0.387 e. The fourth-order valence-corrected chi connectivity index (χ4v) is 4.22. The number of azide groups is 1. The number of aromatic nitrogens is 4. The quantitative estimate of drug-likeness (QED) is 0.125.